The normalized spacial score (nSPS) is 14.7. The summed E-state index contributed by atoms with van der Waals surface area (Å²) in [5, 5.41) is 3.29. The molecule has 1 aromatic carbocycles. The van der Waals surface area contributed by atoms with Gasteiger partial charge in [-0.25, -0.2) is 9.37 Å². The van der Waals surface area contributed by atoms with Crippen LogP contribution in [0.2, 0.25) is 0 Å². The highest BCUT2D eigenvalue weighted by atomic mass is 19.1. The van der Waals surface area contributed by atoms with Crippen LogP contribution in [-0.4, -0.2) is 18.1 Å². The van der Waals surface area contributed by atoms with E-state index in [1.165, 1.54) is 54.6 Å². The van der Waals surface area contributed by atoms with Gasteiger partial charge in [-0.1, -0.05) is 25.0 Å². The average Bonchev–Trinajstić information content (AvgIpc) is 2.54. The Hall–Kier alpha value is -1.94. The van der Waals surface area contributed by atoms with E-state index in [4.69, 9.17) is 10.7 Å². The van der Waals surface area contributed by atoms with Gasteiger partial charge in [-0.2, -0.15) is 0 Å². The van der Waals surface area contributed by atoms with Crippen molar-refractivity contribution in [2.45, 2.75) is 38.5 Å². The van der Waals surface area contributed by atoms with Gasteiger partial charge in [0, 0.05) is 18.8 Å². The van der Waals surface area contributed by atoms with Crippen molar-refractivity contribution < 1.29 is 4.39 Å². The Labute approximate surface area is 137 Å². The molecular formula is C19H24FN3. The largest absolute Gasteiger partial charge is 0.369 e. The summed E-state index contributed by atoms with van der Waals surface area (Å²) in [5.41, 5.74) is 10.3. The molecule has 0 atom stereocenters. The van der Waals surface area contributed by atoms with Gasteiger partial charge < -0.3 is 11.1 Å². The fourth-order valence-corrected chi connectivity index (χ4v) is 3.24. The average molecular weight is 313 g/mol. The fourth-order valence-electron chi connectivity index (χ4n) is 3.24. The summed E-state index contributed by atoms with van der Waals surface area (Å²) >= 11 is 0. The van der Waals surface area contributed by atoms with Crippen LogP contribution in [0.4, 0.5) is 10.2 Å². The Morgan fingerprint density at radius 1 is 1.04 bits per heavy atom. The first kappa shape index (κ1) is 15.9. The van der Waals surface area contributed by atoms with Gasteiger partial charge in [-0.15, -0.1) is 0 Å². The standard InChI is InChI=1S/C19H24FN3/c20-15-9-7-14(8-10-15)17-13-19(22-12-11-21)23-18-6-4-2-1-3-5-16(17)18/h7-10,13H,1-6,11-12,21H2,(H,22,23). The number of aromatic nitrogens is 1. The molecule has 0 amide bonds. The molecule has 0 saturated carbocycles. The zero-order chi connectivity index (χ0) is 16.1. The highest BCUT2D eigenvalue weighted by Gasteiger charge is 2.16. The molecule has 3 N–H and O–H groups in total. The van der Waals surface area contributed by atoms with E-state index < -0.39 is 0 Å². The number of fused-ring (bicyclic) bond motifs is 1. The maximum atomic E-state index is 13.3. The van der Waals surface area contributed by atoms with E-state index >= 15 is 0 Å². The van der Waals surface area contributed by atoms with E-state index in [0.717, 1.165) is 24.2 Å². The van der Waals surface area contributed by atoms with E-state index in [1.807, 2.05) is 12.1 Å². The number of pyridine rings is 1. The summed E-state index contributed by atoms with van der Waals surface area (Å²) in [6.07, 6.45) is 6.98. The predicted molar refractivity (Wildman–Crippen MR) is 93.1 cm³/mol. The molecule has 0 spiro atoms. The second-order valence-corrected chi connectivity index (χ2v) is 6.12. The van der Waals surface area contributed by atoms with Gasteiger partial charge in [0.25, 0.3) is 0 Å². The molecule has 1 heterocycles. The number of nitrogens with two attached hydrogens (primary N) is 1. The van der Waals surface area contributed by atoms with Gasteiger partial charge in [-0.3, -0.25) is 0 Å². The Bertz CT molecular complexity index is 652. The van der Waals surface area contributed by atoms with Crippen LogP contribution in [0.1, 0.15) is 36.9 Å². The first-order valence-corrected chi connectivity index (χ1v) is 8.50. The molecule has 122 valence electrons. The molecule has 0 bridgehead atoms. The van der Waals surface area contributed by atoms with E-state index in [1.54, 1.807) is 0 Å². The summed E-state index contributed by atoms with van der Waals surface area (Å²) in [6.45, 7) is 1.28. The third-order valence-corrected chi connectivity index (χ3v) is 4.41. The molecule has 3 rings (SSSR count). The zero-order valence-electron chi connectivity index (χ0n) is 13.4. The van der Waals surface area contributed by atoms with Crippen molar-refractivity contribution >= 4 is 5.82 Å². The van der Waals surface area contributed by atoms with Crippen molar-refractivity contribution in [3.05, 3.63) is 47.4 Å². The van der Waals surface area contributed by atoms with Crippen LogP contribution in [-0.2, 0) is 12.8 Å². The van der Waals surface area contributed by atoms with E-state index in [2.05, 4.69) is 11.4 Å². The second-order valence-electron chi connectivity index (χ2n) is 6.12. The molecular weight excluding hydrogens is 289 g/mol. The number of halogens is 1. The maximum Gasteiger partial charge on any atom is 0.126 e. The van der Waals surface area contributed by atoms with Crippen molar-refractivity contribution in [2.24, 2.45) is 5.73 Å². The van der Waals surface area contributed by atoms with Crippen LogP contribution in [0.25, 0.3) is 11.1 Å². The molecule has 0 fully saturated rings. The molecule has 1 aliphatic carbocycles. The number of aryl methyl sites for hydroxylation is 1. The van der Waals surface area contributed by atoms with Crippen molar-refractivity contribution in [3.8, 4) is 11.1 Å². The number of rotatable bonds is 4. The molecule has 4 heteroatoms. The number of benzene rings is 1. The molecule has 23 heavy (non-hydrogen) atoms. The molecule has 1 aromatic heterocycles. The molecule has 0 aliphatic heterocycles. The van der Waals surface area contributed by atoms with Crippen LogP contribution < -0.4 is 11.1 Å². The van der Waals surface area contributed by atoms with Crippen LogP contribution >= 0.6 is 0 Å². The Balaban J connectivity index is 2.06. The van der Waals surface area contributed by atoms with Crippen LogP contribution in [0.15, 0.2) is 30.3 Å². The van der Waals surface area contributed by atoms with E-state index in [-0.39, 0.29) is 5.82 Å². The van der Waals surface area contributed by atoms with E-state index in [0.29, 0.717) is 13.1 Å². The van der Waals surface area contributed by atoms with Gasteiger partial charge in [0.15, 0.2) is 0 Å². The smallest absolute Gasteiger partial charge is 0.126 e. The molecule has 2 aromatic rings. The first-order chi connectivity index (χ1) is 11.3. The number of hydrogen-bond acceptors (Lipinski definition) is 3. The minimum atomic E-state index is -0.202. The number of nitrogens with one attached hydrogen (secondary N) is 1. The number of nitrogens with zero attached hydrogens (tertiary/aromatic N) is 1. The summed E-state index contributed by atoms with van der Waals surface area (Å²) in [6, 6.07) is 8.85. The fraction of sp³-hybridized carbons (Fsp3) is 0.421. The monoisotopic (exact) mass is 313 g/mol. The molecule has 3 nitrogen and oxygen atoms in total. The van der Waals surface area contributed by atoms with Crippen molar-refractivity contribution in [2.75, 3.05) is 18.4 Å². The van der Waals surface area contributed by atoms with Gasteiger partial charge >= 0.3 is 0 Å². The van der Waals surface area contributed by atoms with Gasteiger partial charge in [0.2, 0.25) is 0 Å². The first-order valence-electron chi connectivity index (χ1n) is 8.50. The quantitative estimate of drug-likeness (QED) is 0.899. The molecule has 1 aliphatic rings. The molecule has 0 unspecified atom stereocenters. The number of hydrogen-bond donors (Lipinski definition) is 2. The minimum absolute atomic E-state index is 0.202. The second kappa shape index (κ2) is 7.55. The third kappa shape index (κ3) is 3.88. The highest BCUT2D eigenvalue weighted by molar-refractivity contribution is 5.71. The summed E-state index contributed by atoms with van der Waals surface area (Å²) in [7, 11) is 0. The summed E-state index contributed by atoms with van der Waals surface area (Å²) < 4.78 is 13.3. The minimum Gasteiger partial charge on any atom is -0.369 e. The maximum absolute atomic E-state index is 13.3. The topological polar surface area (TPSA) is 50.9 Å². The molecule has 0 radical (unpaired) electrons. The lowest BCUT2D eigenvalue weighted by atomic mass is 9.90. The number of anilines is 1. The van der Waals surface area contributed by atoms with Gasteiger partial charge in [-0.05, 0) is 60.6 Å². The Morgan fingerprint density at radius 2 is 1.78 bits per heavy atom. The SMILES string of the molecule is NCCNc1cc(-c2ccc(F)cc2)c2c(n1)CCCCCC2. The lowest BCUT2D eigenvalue weighted by Gasteiger charge is -2.19. The summed E-state index contributed by atoms with van der Waals surface area (Å²) in [5.74, 6) is 0.668. The lowest BCUT2D eigenvalue weighted by Crippen LogP contribution is -2.15. The third-order valence-electron chi connectivity index (χ3n) is 4.41. The van der Waals surface area contributed by atoms with Gasteiger partial charge in [0.1, 0.15) is 11.6 Å². The Morgan fingerprint density at radius 3 is 2.52 bits per heavy atom. The van der Waals surface area contributed by atoms with Crippen LogP contribution in [0, 0.1) is 5.82 Å². The zero-order valence-corrected chi connectivity index (χ0v) is 13.4. The van der Waals surface area contributed by atoms with E-state index in [9.17, 15) is 4.39 Å². The molecule has 0 saturated heterocycles. The van der Waals surface area contributed by atoms with Crippen molar-refractivity contribution in [3.63, 3.8) is 0 Å². The van der Waals surface area contributed by atoms with Gasteiger partial charge in [0.05, 0.1) is 0 Å². The summed E-state index contributed by atoms with van der Waals surface area (Å²) in [4.78, 5) is 4.82. The van der Waals surface area contributed by atoms with Crippen LogP contribution in [0.3, 0.4) is 0 Å². The predicted octanol–water partition coefficient (Wildman–Crippen LogP) is 3.92. The lowest BCUT2D eigenvalue weighted by molar-refractivity contribution is 0.609. The Kier molecular flexibility index (Phi) is 5.23. The van der Waals surface area contributed by atoms with Crippen molar-refractivity contribution in [1.82, 2.24) is 4.98 Å². The van der Waals surface area contributed by atoms with Crippen molar-refractivity contribution in [1.29, 1.82) is 0 Å². The highest BCUT2D eigenvalue weighted by Crippen LogP contribution is 2.32. The van der Waals surface area contributed by atoms with Crippen LogP contribution in [0.5, 0.6) is 0 Å².